The minimum atomic E-state index is -3.81. The zero-order valence-electron chi connectivity index (χ0n) is 21.2. The lowest BCUT2D eigenvalue weighted by Gasteiger charge is -2.37. The van der Waals surface area contributed by atoms with Crippen molar-refractivity contribution >= 4 is 39.1 Å². The van der Waals surface area contributed by atoms with Crippen LogP contribution in [0.1, 0.15) is 0 Å². The van der Waals surface area contributed by atoms with Gasteiger partial charge >= 0.3 is 0 Å². The quantitative estimate of drug-likeness (QED) is 0.379. The number of piperazine rings is 1. The van der Waals surface area contributed by atoms with Crippen LogP contribution in [0.2, 0.25) is 0 Å². The Hall–Kier alpha value is -3.37. The maximum atomic E-state index is 13.4. The Bertz CT molecular complexity index is 1310. The number of hydrogen-bond acceptors (Lipinski definition) is 7. The van der Waals surface area contributed by atoms with Crippen molar-refractivity contribution in [2.24, 2.45) is 0 Å². The summed E-state index contributed by atoms with van der Waals surface area (Å²) in [7, 11) is 0.844. The molecule has 1 amide bonds. The third kappa shape index (κ3) is 6.14. The van der Waals surface area contributed by atoms with Crippen molar-refractivity contribution in [3.05, 3.63) is 72.8 Å². The second kappa shape index (κ2) is 11.8. The van der Waals surface area contributed by atoms with Gasteiger partial charge in [-0.3, -0.25) is 9.10 Å². The molecule has 3 aromatic carbocycles. The van der Waals surface area contributed by atoms with Crippen molar-refractivity contribution in [3.8, 4) is 11.5 Å². The topological polar surface area (TPSA) is 79.4 Å². The van der Waals surface area contributed by atoms with Crippen LogP contribution in [-0.4, -0.2) is 72.4 Å². The zero-order chi connectivity index (χ0) is 26.4. The van der Waals surface area contributed by atoms with Crippen molar-refractivity contribution in [2.45, 2.75) is 9.79 Å². The molecule has 196 valence electrons. The third-order valence-electron chi connectivity index (χ3n) is 6.32. The SMILES string of the molecule is COc1ccc(N(C)S(=O)(=O)c2ccc(OC)c(N3CCN(C(=O)CSc4ccccc4)CC3)c2)cc1. The van der Waals surface area contributed by atoms with Crippen LogP contribution in [0.4, 0.5) is 11.4 Å². The van der Waals surface area contributed by atoms with Crippen molar-refractivity contribution in [1.82, 2.24) is 4.90 Å². The van der Waals surface area contributed by atoms with Crippen LogP contribution >= 0.6 is 11.8 Å². The molecule has 1 aliphatic heterocycles. The van der Waals surface area contributed by atoms with E-state index in [9.17, 15) is 13.2 Å². The van der Waals surface area contributed by atoms with E-state index in [0.29, 0.717) is 54.8 Å². The summed E-state index contributed by atoms with van der Waals surface area (Å²) in [6.07, 6.45) is 0. The molecule has 0 saturated carbocycles. The molecule has 0 bridgehead atoms. The second-order valence-electron chi connectivity index (χ2n) is 8.47. The fraction of sp³-hybridized carbons (Fsp3) is 0.296. The maximum absolute atomic E-state index is 13.4. The minimum Gasteiger partial charge on any atom is -0.497 e. The van der Waals surface area contributed by atoms with E-state index in [4.69, 9.17) is 9.47 Å². The number of ether oxygens (including phenoxy) is 2. The summed E-state index contributed by atoms with van der Waals surface area (Å²) in [6, 6.07) is 21.6. The summed E-state index contributed by atoms with van der Waals surface area (Å²) < 4.78 is 38.8. The summed E-state index contributed by atoms with van der Waals surface area (Å²) in [5, 5.41) is 0. The molecule has 0 spiro atoms. The van der Waals surface area contributed by atoms with Gasteiger partial charge in [-0.15, -0.1) is 11.8 Å². The van der Waals surface area contributed by atoms with Crippen LogP contribution in [0, 0.1) is 0 Å². The molecule has 1 fully saturated rings. The Labute approximate surface area is 222 Å². The molecule has 0 aromatic heterocycles. The fourth-order valence-electron chi connectivity index (χ4n) is 4.12. The molecule has 1 aliphatic rings. The number of amides is 1. The number of rotatable bonds is 9. The van der Waals surface area contributed by atoms with Crippen molar-refractivity contribution in [1.29, 1.82) is 0 Å². The summed E-state index contributed by atoms with van der Waals surface area (Å²) in [4.78, 5) is 17.9. The third-order valence-corrected chi connectivity index (χ3v) is 9.10. The average Bonchev–Trinajstić information content (AvgIpc) is 2.95. The van der Waals surface area contributed by atoms with E-state index in [1.807, 2.05) is 35.2 Å². The van der Waals surface area contributed by atoms with Gasteiger partial charge in [0.05, 0.1) is 36.2 Å². The maximum Gasteiger partial charge on any atom is 0.264 e. The molecule has 4 rings (SSSR count). The first-order valence-electron chi connectivity index (χ1n) is 11.8. The number of nitrogens with zero attached hydrogens (tertiary/aromatic N) is 3. The van der Waals surface area contributed by atoms with Crippen molar-refractivity contribution < 1.29 is 22.7 Å². The predicted molar refractivity (Wildman–Crippen MR) is 148 cm³/mol. The molecule has 0 atom stereocenters. The van der Waals surface area contributed by atoms with Crippen LogP contribution in [-0.2, 0) is 14.8 Å². The first-order chi connectivity index (χ1) is 17.8. The van der Waals surface area contributed by atoms with Gasteiger partial charge in [0, 0.05) is 38.1 Å². The highest BCUT2D eigenvalue weighted by molar-refractivity contribution is 8.00. The van der Waals surface area contributed by atoms with E-state index < -0.39 is 10.0 Å². The van der Waals surface area contributed by atoms with Gasteiger partial charge in [0.15, 0.2) is 0 Å². The number of sulfonamides is 1. The Morgan fingerprint density at radius 3 is 2.22 bits per heavy atom. The summed E-state index contributed by atoms with van der Waals surface area (Å²) in [6.45, 7) is 2.27. The lowest BCUT2D eigenvalue weighted by atomic mass is 10.2. The smallest absolute Gasteiger partial charge is 0.264 e. The highest BCUT2D eigenvalue weighted by atomic mass is 32.2. The molecule has 1 heterocycles. The lowest BCUT2D eigenvalue weighted by Crippen LogP contribution is -2.49. The Morgan fingerprint density at radius 2 is 1.59 bits per heavy atom. The van der Waals surface area contributed by atoms with Gasteiger partial charge in [0.25, 0.3) is 10.0 Å². The van der Waals surface area contributed by atoms with Gasteiger partial charge in [0.1, 0.15) is 11.5 Å². The zero-order valence-corrected chi connectivity index (χ0v) is 22.8. The molecule has 37 heavy (non-hydrogen) atoms. The van der Waals surface area contributed by atoms with Gasteiger partial charge in [0.2, 0.25) is 5.91 Å². The summed E-state index contributed by atoms with van der Waals surface area (Å²) in [5.41, 5.74) is 1.22. The number of carbonyl (C=O) groups is 1. The minimum absolute atomic E-state index is 0.0953. The highest BCUT2D eigenvalue weighted by Gasteiger charge is 2.27. The molecule has 8 nitrogen and oxygen atoms in total. The van der Waals surface area contributed by atoms with Gasteiger partial charge in [-0.1, -0.05) is 18.2 Å². The Balaban J connectivity index is 1.46. The molecule has 0 aliphatic carbocycles. The van der Waals surface area contributed by atoms with E-state index in [1.165, 1.54) is 23.1 Å². The summed E-state index contributed by atoms with van der Waals surface area (Å²) in [5.74, 6) is 1.72. The van der Waals surface area contributed by atoms with Gasteiger partial charge in [-0.2, -0.15) is 0 Å². The Kier molecular flexibility index (Phi) is 8.50. The van der Waals surface area contributed by atoms with Crippen molar-refractivity contribution in [3.63, 3.8) is 0 Å². The second-order valence-corrected chi connectivity index (χ2v) is 11.5. The number of hydrogen-bond donors (Lipinski definition) is 0. The number of anilines is 2. The number of thioether (sulfide) groups is 1. The van der Waals surface area contributed by atoms with Crippen molar-refractivity contribution in [2.75, 3.05) is 62.4 Å². The monoisotopic (exact) mass is 541 g/mol. The standard InChI is InChI=1S/C27H31N3O5S2/c1-28(21-9-11-22(34-2)12-10-21)37(32,33)24-13-14-26(35-3)25(19-24)29-15-17-30(18-16-29)27(31)20-36-23-7-5-4-6-8-23/h4-14,19H,15-18,20H2,1-3H3. The van der Waals surface area contributed by atoms with E-state index in [1.54, 1.807) is 56.7 Å². The van der Waals surface area contributed by atoms with E-state index >= 15 is 0 Å². The summed E-state index contributed by atoms with van der Waals surface area (Å²) >= 11 is 1.53. The number of methoxy groups -OCH3 is 2. The average molecular weight is 542 g/mol. The fourth-order valence-corrected chi connectivity index (χ4v) is 6.15. The van der Waals surface area contributed by atoms with Crippen LogP contribution in [0.5, 0.6) is 11.5 Å². The number of benzene rings is 3. The molecule has 0 radical (unpaired) electrons. The highest BCUT2D eigenvalue weighted by Crippen LogP contribution is 2.34. The van der Waals surface area contributed by atoms with E-state index in [2.05, 4.69) is 4.90 Å². The molecule has 3 aromatic rings. The van der Waals surface area contributed by atoms with Gasteiger partial charge < -0.3 is 19.3 Å². The molecule has 1 saturated heterocycles. The first-order valence-corrected chi connectivity index (χ1v) is 14.3. The first kappa shape index (κ1) is 26.7. The molecular formula is C27H31N3O5S2. The molecule has 10 heteroatoms. The predicted octanol–water partition coefficient (Wildman–Crippen LogP) is 3.97. The van der Waals surface area contributed by atoms with Gasteiger partial charge in [-0.05, 0) is 54.6 Å². The largest absolute Gasteiger partial charge is 0.497 e. The van der Waals surface area contributed by atoms with Crippen LogP contribution in [0.25, 0.3) is 0 Å². The van der Waals surface area contributed by atoms with E-state index in [0.717, 1.165) is 4.90 Å². The molecular weight excluding hydrogens is 510 g/mol. The Morgan fingerprint density at radius 1 is 0.919 bits per heavy atom. The molecule has 0 N–H and O–H groups in total. The van der Waals surface area contributed by atoms with Gasteiger partial charge in [-0.25, -0.2) is 8.42 Å². The molecule has 0 unspecified atom stereocenters. The van der Waals surface area contributed by atoms with Crippen LogP contribution < -0.4 is 18.7 Å². The van der Waals surface area contributed by atoms with Crippen LogP contribution in [0.15, 0.2) is 82.6 Å². The normalized spacial score (nSPS) is 13.8. The lowest BCUT2D eigenvalue weighted by molar-refractivity contribution is -0.128. The number of carbonyl (C=O) groups excluding carboxylic acids is 1. The van der Waals surface area contributed by atoms with E-state index in [-0.39, 0.29) is 10.8 Å². The van der Waals surface area contributed by atoms with Crippen LogP contribution in [0.3, 0.4) is 0 Å².